The second-order valence-corrected chi connectivity index (χ2v) is 5.22. The zero-order valence-corrected chi connectivity index (χ0v) is 9.64. The monoisotopic (exact) mass is 199 g/mol. The normalized spacial score (nSPS) is 20.0. The fourth-order valence-corrected chi connectivity index (χ4v) is 1.78. The molecule has 0 aliphatic heterocycles. The molecule has 0 aromatic heterocycles. The molecule has 1 aliphatic rings. The molecule has 0 aromatic rings. The van der Waals surface area contributed by atoms with Crippen LogP contribution in [0.2, 0.25) is 0 Å². The van der Waals surface area contributed by atoms with Crippen molar-refractivity contribution in [3.63, 3.8) is 0 Å². The minimum atomic E-state index is -0.157. The van der Waals surface area contributed by atoms with E-state index in [4.69, 9.17) is 4.74 Å². The van der Waals surface area contributed by atoms with E-state index in [9.17, 15) is 4.79 Å². The molecular formula is C11H21NO2. The molecule has 0 spiro atoms. The maximum atomic E-state index is 11.6. The summed E-state index contributed by atoms with van der Waals surface area (Å²) in [5, 5.41) is 2.96. The third-order valence-corrected chi connectivity index (χ3v) is 2.69. The van der Waals surface area contributed by atoms with Gasteiger partial charge in [0.05, 0.1) is 12.0 Å². The van der Waals surface area contributed by atoms with Crippen LogP contribution in [0.15, 0.2) is 0 Å². The average molecular weight is 199 g/mol. The highest BCUT2D eigenvalue weighted by atomic mass is 16.5. The first kappa shape index (κ1) is 11.5. The molecule has 0 bridgehead atoms. The highest BCUT2D eigenvalue weighted by Crippen LogP contribution is 2.37. The van der Waals surface area contributed by atoms with Gasteiger partial charge in [-0.2, -0.15) is 0 Å². The molecule has 0 aromatic carbocycles. The number of methoxy groups -OCH3 is 1. The van der Waals surface area contributed by atoms with E-state index in [0.717, 1.165) is 12.8 Å². The van der Waals surface area contributed by atoms with Gasteiger partial charge in [-0.3, -0.25) is 4.79 Å². The Bertz CT molecular complexity index is 208. The quantitative estimate of drug-likeness (QED) is 0.753. The Balaban J connectivity index is 2.40. The second-order valence-electron chi connectivity index (χ2n) is 5.22. The second kappa shape index (κ2) is 3.89. The molecule has 3 nitrogen and oxygen atoms in total. The largest absolute Gasteiger partial charge is 0.378 e. The smallest absolute Gasteiger partial charge is 0.223 e. The maximum Gasteiger partial charge on any atom is 0.223 e. The van der Waals surface area contributed by atoms with Gasteiger partial charge in [-0.1, -0.05) is 0 Å². The third kappa shape index (κ3) is 2.98. The average Bonchev–Trinajstić information content (AvgIpc) is 1.93. The lowest BCUT2D eigenvalue weighted by atomic mass is 9.77. The first-order chi connectivity index (χ1) is 6.37. The van der Waals surface area contributed by atoms with Crippen LogP contribution in [0.1, 0.15) is 46.5 Å². The van der Waals surface area contributed by atoms with E-state index in [1.54, 1.807) is 7.11 Å². The summed E-state index contributed by atoms with van der Waals surface area (Å²) in [6.45, 7) is 5.97. The van der Waals surface area contributed by atoms with Crippen LogP contribution in [0.3, 0.4) is 0 Å². The molecule has 1 saturated carbocycles. The molecule has 1 N–H and O–H groups in total. The van der Waals surface area contributed by atoms with Crippen molar-refractivity contribution in [2.45, 2.75) is 57.6 Å². The number of hydrogen-bond acceptors (Lipinski definition) is 2. The Kier molecular flexibility index (Phi) is 3.20. The number of carbonyl (C=O) groups excluding carboxylic acids is 1. The van der Waals surface area contributed by atoms with Crippen molar-refractivity contribution < 1.29 is 9.53 Å². The van der Waals surface area contributed by atoms with Crippen LogP contribution in [0, 0.1) is 0 Å². The molecular weight excluding hydrogens is 178 g/mol. The van der Waals surface area contributed by atoms with Crippen molar-refractivity contribution in [3.8, 4) is 0 Å². The van der Waals surface area contributed by atoms with Gasteiger partial charge in [0.1, 0.15) is 0 Å². The summed E-state index contributed by atoms with van der Waals surface area (Å²) in [5.74, 6) is 0.0963. The standard InChI is InChI=1S/C11H21NO2/c1-10(2,3)12-9(13)8-11(14-4)6-5-7-11/h5-8H2,1-4H3,(H,12,13). The highest BCUT2D eigenvalue weighted by Gasteiger charge is 2.39. The van der Waals surface area contributed by atoms with Crippen LogP contribution >= 0.6 is 0 Å². The number of amides is 1. The predicted molar refractivity (Wildman–Crippen MR) is 56.1 cm³/mol. The first-order valence-corrected chi connectivity index (χ1v) is 5.23. The maximum absolute atomic E-state index is 11.6. The summed E-state index contributed by atoms with van der Waals surface area (Å²) in [4.78, 5) is 11.6. The Morgan fingerprint density at radius 3 is 2.29 bits per heavy atom. The van der Waals surface area contributed by atoms with Crippen molar-refractivity contribution in [1.29, 1.82) is 0 Å². The van der Waals surface area contributed by atoms with Gasteiger partial charge in [-0.15, -0.1) is 0 Å². The summed E-state index contributed by atoms with van der Waals surface area (Å²) in [5.41, 5.74) is -0.301. The van der Waals surface area contributed by atoms with Crippen LogP contribution < -0.4 is 5.32 Å². The van der Waals surface area contributed by atoms with Crippen LogP contribution in [-0.4, -0.2) is 24.2 Å². The predicted octanol–water partition coefficient (Wildman–Crippen LogP) is 1.86. The van der Waals surface area contributed by atoms with Crippen molar-refractivity contribution >= 4 is 5.91 Å². The van der Waals surface area contributed by atoms with Crippen LogP contribution in [-0.2, 0) is 9.53 Å². The van der Waals surface area contributed by atoms with Gasteiger partial charge in [0.2, 0.25) is 5.91 Å². The summed E-state index contributed by atoms with van der Waals surface area (Å²) in [7, 11) is 1.70. The van der Waals surface area contributed by atoms with Crippen molar-refractivity contribution in [1.82, 2.24) is 5.32 Å². The number of nitrogens with one attached hydrogen (secondary N) is 1. The van der Waals surface area contributed by atoms with E-state index in [1.165, 1.54) is 6.42 Å². The molecule has 1 amide bonds. The molecule has 1 fully saturated rings. The Morgan fingerprint density at radius 1 is 1.43 bits per heavy atom. The van der Waals surface area contributed by atoms with E-state index < -0.39 is 0 Å². The van der Waals surface area contributed by atoms with Gasteiger partial charge in [-0.25, -0.2) is 0 Å². The molecule has 0 atom stereocenters. The molecule has 1 rings (SSSR count). The highest BCUT2D eigenvalue weighted by molar-refractivity contribution is 5.77. The van der Waals surface area contributed by atoms with Gasteiger partial charge in [0.15, 0.2) is 0 Å². The SMILES string of the molecule is COC1(CC(=O)NC(C)(C)C)CCC1. The van der Waals surface area contributed by atoms with Gasteiger partial charge in [0.25, 0.3) is 0 Å². The van der Waals surface area contributed by atoms with Gasteiger partial charge in [-0.05, 0) is 40.0 Å². The van der Waals surface area contributed by atoms with E-state index in [2.05, 4.69) is 5.32 Å². The number of rotatable bonds is 3. The van der Waals surface area contributed by atoms with E-state index in [1.807, 2.05) is 20.8 Å². The molecule has 0 radical (unpaired) electrons. The summed E-state index contributed by atoms with van der Waals surface area (Å²) >= 11 is 0. The summed E-state index contributed by atoms with van der Waals surface area (Å²) < 4.78 is 5.40. The molecule has 14 heavy (non-hydrogen) atoms. The van der Waals surface area contributed by atoms with Gasteiger partial charge >= 0.3 is 0 Å². The first-order valence-electron chi connectivity index (χ1n) is 5.23. The lowest BCUT2D eigenvalue weighted by Crippen LogP contribution is -2.48. The van der Waals surface area contributed by atoms with Crippen LogP contribution in [0.4, 0.5) is 0 Å². The molecule has 0 saturated heterocycles. The summed E-state index contributed by atoms with van der Waals surface area (Å²) in [6.07, 6.45) is 3.71. The lowest BCUT2D eigenvalue weighted by Gasteiger charge is -2.40. The minimum absolute atomic E-state index is 0.0963. The minimum Gasteiger partial charge on any atom is -0.378 e. The zero-order chi connectivity index (χ0) is 10.8. The fourth-order valence-electron chi connectivity index (χ4n) is 1.78. The molecule has 1 aliphatic carbocycles. The Hall–Kier alpha value is -0.570. The van der Waals surface area contributed by atoms with E-state index in [0.29, 0.717) is 6.42 Å². The topological polar surface area (TPSA) is 38.3 Å². The van der Waals surface area contributed by atoms with Crippen molar-refractivity contribution in [2.75, 3.05) is 7.11 Å². The van der Waals surface area contributed by atoms with Gasteiger partial charge in [0, 0.05) is 12.6 Å². The van der Waals surface area contributed by atoms with E-state index in [-0.39, 0.29) is 17.0 Å². The number of ether oxygens (including phenoxy) is 1. The fraction of sp³-hybridized carbons (Fsp3) is 0.909. The zero-order valence-electron chi connectivity index (χ0n) is 9.64. The molecule has 0 unspecified atom stereocenters. The molecule has 0 heterocycles. The summed E-state index contributed by atoms with van der Waals surface area (Å²) in [6, 6.07) is 0. The van der Waals surface area contributed by atoms with Crippen LogP contribution in [0.5, 0.6) is 0 Å². The molecule has 3 heteroatoms. The van der Waals surface area contributed by atoms with Crippen LogP contribution in [0.25, 0.3) is 0 Å². The number of hydrogen-bond donors (Lipinski definition) is 1. The number of carbonyl (C=O) groups is 1. The Morgan fingerprint density at radius 2 is 2.00 bits per heavy atom. The lowest BCUT2D eigenvalue weighted by molar-refractivity contribution is -0.135. The van der Waals surface area contributed by atoms with Crippen molar-refractivity contribution in [3.05, 3.63) is 0 Å². The third-order valence-electron chi connectivity index (χ3n) is 2.69. The van der Waals surface area contributed by atoms with Crippen molar-refractivity contribution in [2.24, 2.45) is 0 Å². The van der Waals surface area contributed by atoms with Gasteiger partial charge < -0.3 is 10.1 Å². The molecule has 82 valence electrons. The van der Waals surface area contributed by atoms with E-state index >= 15 is 0 Å². The Labute approximate surface area is 86.2 Å².